The van der Waals surface area contributed by atoms with Gasteiger partial charge in [0.1, 0.15) is 5.75 Å². The van der Waals surface area contributed by atoms with Crippen molar-refractivity contribution in [2.75, 3.05) is 20.1 Å². The van der Waals surface area contributed by atoms with Crippen LogP contribution in [0.15, 0.2) is 29.3 Å². The highest BCUT2D eigenvalue weighted by Crippen LogP contribution is 2.12. The maximum atomic E-state index is 9.36. The van der Waals surface area contributed by atoms with Crippen LogP contribution in [0.1, 0.15) is 5.56 Å². The minimum absolute atomic E-state index is 0.274. The second kappa shape index (κ2) is 5.32. The van der Waals surface area contributed by atoms with Gasteiger partial charge in [-0.3, -0.25) is 4.99 Å². The van der Waals surface area contributed by atoms with E-state index in [2.05, 4.69) is 10.3 Å². The Morgan fingerprint density at radius 2 is 2.23 bits per heavy atom. The number of benzene rings is 1. The highest BCUT2D eigenvalue weighted by atomic mass is 16.3. The van der Waals surface area contributed by atoms with Gasteiger partial charge in [0.25, 0.3) is 0 Å². The molecule has 0 heterocycles. The Balaban J connectivity index is 2.53. The number of phenols is 1. The van der Waals surface area contributed by atoms with Crippen molar-refractivity contribution >= 4 is 6.21 Å². The van der Waals surface area contributed by atoms with Crippen molar-refractivity contribution in [2.24, 2.45) is 4.99 Å². The van der Waals surface area contributed by atoms with E-state index in [4.69, 9.17) is 0 Å². The molecule has 13 heavy (non-hydrogen) atoms. The summed E-state index contributed by atoms with van der Waals surface area (Å²) >= 11 is 0. The van der Waals surface area contributed by atoms with E-state index in [9.17, 15) is 5.11 Å². The zero-order valence-electron chi connectivity index (χ0n) is 7.70. The molecule has 0 atom stereocenters. The Bertz CT molecular complexity index is 284. The van der Waals surface area contributed by atoms with Crippen molar-refractivity contribution in [3.63, 3.8) is 0 Å². The first-order valence-corrected chi connectivity index (χ1v) is 4.27. The van der Waals surface area contributed by atoms with Crippen molar-refractivity contribution in [2.45, 2.75) is 0 Å². The van der Waals surface area contributed by atoms with E-state index in [0.29, 0.717) is 0 Å². The van der Waals surface area contributed by atoms with Crippen LogP contribution in [-0.4, -0.2) is 31.5 Å². The normalized spacial score (nSPS) is 10.8. The number of nitrogens with zero attached hydrogens (tertiary/aromatic N) is 1. The zero-order valence-corrected chi connectivity index (χ0v) is 7.70. The lowest BCUT2D eigenvalue weighted by molar-refractivity contribution is 0.474. The summed E-state index contributed by atoms with van der Waals surface area (Å²) in [5, 5.41) is 12.4. The molecule has 0 radical (unpaired) electrons. The molecule has 0 aliphatic heterocycles. The van der Waals surface area contributed by atoms with Gasteiger partial charge < -0.3 is 10.4 Å². The van der Waals surface area contributed by atoms with E-state index >= 15 is 0 Å². The summed E-state index contributed by atoms with van der Waals surface area (Å²) in [5.74, 6) is 0.274. The summed E-state index contributed by atoms with van der Waals surface area (Å²) in [6, 6.07) is 7.15. The molecule has 0 aliphatic carbocycles. The highest BCUT2D eigenvalue weighted by molar-refractivity contribution is 5.83. The van der Waals surface area contributed by atoms with Crippen LogP contribution >= 0.6 is 0 Å². The molecule has 0 aliphatic rings. The van der Waals surface area contributed by atoms with Gasteiger partial charge in [-0.15, -0.1) is 0 Å². The third kappa shape index (κ3) is 3.25. The van der Waals surface area contributed by atoms with Gasteiger partial charge >= 0.3 is 0 Å². The molecule has 1 rings (SSSR count). The molecule has 0 unspecified atom stereocenters. The molecule has 0 bridgehead atoms. The number of nitrogens with one attached hydrogen (secondary N) is 1. The lowest BCUT2D eigenvalue weighted by Crippen LogP contribution is -2.10. The van der Waals surface area contributed by atoms with Gasteiger partial charge in [-0.1, -0.05) is 12.1 Å². The molecule has 1 aromatic carbocycles. The first-order valence-electron chi connectivity index (χ1n) is 4.27. The first kappa shape index (κ1) is 9.74. The van der Waals surface area contributed by atoms with E-state index in [1.807, 2.05) is 19.2 Å². The van der Waals surface area contributed by atoms with Gasteiger partial charge in [0, 0.05) is 18.3 Å². The van der Waals surface area contributed by atoms with Crippen LogP contribution in [0.25, 0.3) is 0 Å². The minimum atomic E-state index is 0.274. The molecule has 1 aromatic rings. The van der Waals surface area contributed by atoms with Crippen molar-refractivity contribution in [3.05, 3.63) is 29.8 Å². The van der Waals surface area contributed by atoms with Gasteiger partial charge in [0.15, 0.2) is 0 Å². The van der Waals surface area contributed by atoms with Crippen molar-refractivity contribution in [3.8, 4) is 5.75 Å². The summed E-state index contributed by atoms with van der Waals surface area (Å²) in [6.45, 7) is 1.58. The molecule has 3 nitrogen and oxygen atoms in total. The minimum Gasteiger partial charge on any atom is -0.507 e. The second-order valence-electron chi connectivity index (χ2n) is 2.70. The van der Waals surface area contributed by atoms with Gasteiger partial charge in [0.05, 0.1) is 6.54 Å². The molecule has 0 spiro atoms. The molecule has 0 fully saturated rings. The third-order valence-corrected chi connectivity index (χ3v) is 1.66. The van der Waals surface area contributed by atoms with Gasteiger partial charge in [-0.2, -0.15) is 0 Å². The van der Waals surface area contributed by atoms with E-state index in [-0.39, 0.29) is 5.75 Å². The van der Waals surface area contributed by atoms with Gasteiger partial charge in [0.2, 0.25) is 0 Å². The molecule has 0 saturated heterocycles. The lowest BCUT2D eigenvalue weighted by atomic mass is 10.2. The van der Waals surface area contributed by atoms with E-state index in [0.717, 1.165) is 18.7 Å². The van der Waals surface area contributed by atoms with Crippen LogP contribution in [0, 0.1) is 0 Å². The number of hydrogen-bond donors (Lipinski definition) is 2. The second-order valence-corrected chi connectivity index (χ2v) is 2.70. The molecular formula is C10H14N2O. The summed E-state index contributed by atoms with van der Waals surface area (Å²) in [7, 11) is 1.88. The Morgan fingerprint density at radius 3 is 2.92 bits per heavy atom. The maximum Gasteiger partial charge on any atom is 0.124 e. The Labute approximate surface area is 78.1 Å². The molecular weight excluding hydrogens is 164 g/mol. The van der Waals surface area contributed by atoms with Gasteiger partial charge in [-0.05, 0) is 19.2 Å². The first-order chi connectivity index (χ1) is 6.34. The van der Waals surface area contributed by atoms with E-state index in [1.165, 1.54) is 0 Å². The van der Waals surface area contributed by atoms with Crippen LogP contribution in [0.4, 0.5) is 0 Å². The lowest BCUT2D eigenvalue weighted by Gasteiger charge is -1.96. The number of phenolic OH excluding ortho intramolecular Hbond substituents is 1. The van der Waals surface area contributed by atoms with Crippen LogP contribution < -0.4 is 5.32 Å². The highest BCUT2D eigenvalue weighted by Gasteiger charge is 1.93. The fourth-order valence-corrected chi connectivity index (χ4v) is 0.936. The fourth-order valence-electron chi connectivity index (χ4n) is 0.936. The SMILES string of the molecule is CNCCN=Cc1ccccc1O. The van der Waals surface area contributed by atoms with Crippen LogP contribution in [0.3, 0.4) is 0 Å². The number of aliphatic imine (C=N–C) groups is 1. The molecule has 2 N–H and O–H groups in total. The smallest absolute Gasteiger partial charge is 0.124 e. The monoisotopic (exact) mass is 178 g/mol. The average molecular weight is 178 g/mol. The van der Waals surface area contributed by atoms with Crippen LogP contribution in [0.2, 0.25) is 0 Å². The topological polar surface area (TPSA) is 44.6 Å². The largest absolute Gasteiger partial charge is 0.507 e. The fraction of sp³-hybridized carbons (Fsp3) is 0.300. The van der Waals surface area contributed by atoms with E-state index < -0.39 is 0 Å². The molecule has 0 amide bonds. The van der Waals surface area contributed by atoms with Crippen molar-refractivity contribution in [1.29, 1.82) is 0 Å². The number of likely N-dealkylation sites (N-methyl/N-ethyl adjacent to an activating group) is 1. The number of aromatic hydroxyl groups is 1. The molecule has 70 valence electrons. The summed E-state index contributed by atoms with van der Waals surface area (Å²) in [4.78, 5) is 4.14. The Kier molecular flexibility index (Phi) is 3.99. The number of hydrogen-bond acceptors (Lipinski definition) is 3. The average Bonchev–Trinajstić information content (AvgIpc) is 2.15. The molecule has 3 heteroatoms. The summed E-state index contributed by atoms with van der Waals surface area (Å²) in [5.41, 5.74) is 0.763. The summed E-state index contributed by atoms with van der Waals surface area (Å²) in [6.07, 6.45) is 1.69. The predicted octanol–water partition coefficient (Wildman–Crippen LogP) is 1.03. The number of para-hydroxylation sites is 1. The van der Waals surface area contributed by atoms with Crippen molar-refractivity contribution < 1.29 is 5.11 Å². The van der Waals surface area contributed by atoms with E-state index in [1.54, 1.807) is 18.3 Å². The standard InChI is InChI=1S/C10H14N2O/c1-11-6-7-12-8-9-4-2-3-5-10(9)13/h2-5,8,11,13H,6-7H2,1H3. The molecule has 0 saturated carbocycles. The summed E-state index contributed by atoms with van der Waals surface area (Å²) < 4.78 is 0. The van der Waals surface area contributed by atoms with Gasteiger partial charge in [-0.25, -0.2) is 0 Å². The van der Waals surface area contributed by atoms with Crippen molar-refractivity contribution in [1.82, 2.24) is 5.32 Å². The van der Waals surface area contributed by atoms with Crippen LogP contribution in [0.5, 0.6) is 5.75 Å². The predicted molar refractivity (Wildman–Crippen MR) is 54.5 cm³/mol. The van der Waals surface area contributed by atoms with Crippen LogP contribution in [-0.2, 0) is 0 Å². The quantitative estimate of drug-likeness (QED) is 0.534. The Hall–Kier alpha value is -1.35. The maximum absolute atomic E-state index is 9.36. The Morgan fingerprint density at radius 1 is 1.46 bits per heavy atom. The molecule has 0 aromatic heterocycles. The zero-order chi connectivity index (χ0) is 9.52. The number of rotatable bonds is 4. The third-order valence-electron chi connectivity index (χ3n) is 1.66.